The van der Waals surface area contributed by atoms with E-state index in [4.69, 9.17) is 9.84 Å². The molecule has 0 saturated carbocycles. The van der Waals surface area contributed by atoms with Crippen molar-refractivity contribution >= 4 is 0 Å². The topological polar surface area (TPSA) is 67.3 Å². The van der Waals surface area contributed by atoms with Gasteiger partial charge in [-0.25, -0.2) is 9.97 Å². The molecule has 0 bridgehead atoms. The molecule has 1 aliphatic heterocycles. The van der Waals surface area contributed by atoms with Crippen molar-refractivity contribution in [2.24, 2.45) is 0 Å². The normalized spacial score (nSPS) is 13.8. The molecule has 2 N–H and O–H groups in total. The van der Waals surface area contributed by atoms with Crippen LogP contribution >= 0.6 is 0 Å². The molecule has 5 nitrogen and oxygen atoms in total. The number of hydrogen-bond acceptors (Lipinski definition) is 5. The zero-order chi connectivity index (χ0) is 13.8. The number of fused-ring (bicyclic) bond motifs is 1. The molecule has 0 aliphatic carbocycles. The summed E-state index contributed by atoms with van der Waals surface area (Å²) < 4.78 is 5.86. The van der Waals surface area contributed by atoms with Crippen molar-refractivity contribution < 1.29 is 9.84 Å². The molecule has 0 atom stereocenters. The Kier molecular flexibility index (Phi) is 3.90. The van der Waals surface area contributed by atoms with E-state index in [9.17, 15) is 0 Å². The number of nitrogens with zero attached hydrogens (tertiary/aromatic N) is 2. The maximum absolute atomic E-state index is 8.90. The van der Waals surface area contributed by atoms with Crippen LogP contribution in [0.4, 0.5) is 0 Å². The fourth-order valence-corrected chi connectivity index (χ4v) is 2.30. The van der Waals surface area contributed by atoms with E-state index in [1.807, 2.05) is 24.3 Å². The highest BCUT2D eigenvalue weighted by Gasteiger charge is 2.16. The molecule has 0 radical (unpaired) electrons. The van der Waals surface area contributed by atoms with Gasteiger partial charge in [-0.05, 0) is 24.1 Å². The summed E-state index contributed by atoms with van der Waals surface area (Å²) in [6.07, 6.45) is 3.12. The Morgan fingerprint density at radius 2 is 2.05 bits per heavy atom. The molecule has 1 aromatic carbocycles. The Morgan fingerprint density at radius 1 is 1.20 bits per heavy atom. The molecule has 2 aromatic rings. The van der Waals surface area contributed by atoms with Gasteiger partial charge in [0, 0.05) is 26.1 Å². The number of aromatic nitrogens is 2. The minimum Gasteiger partial charge on any atom is -0.439 e. The van der Waals surface area contributed by atoms with Crippen molar-refractivity contribution in [2.45, 2.75) is 19.4 Å². The highest BCUT2D eigenvalue weighted by molar-refractivity contribution is 5.36. The molecule has 0 spiro atoms. The van der Waals surface area contributed by atoms with E-state index >= 15 is 0 Å². The Bertz CT molecular complexity index is 584. The second-order valence-corrected chi connectivity index (χ2v) is 4.75. The lowest BCUT2D eigenvalue weighted by Crippen LogP contribution is -2.25. The van der Waals surface area contributed by atoms with Crippen LogP contribution in [0.2, 0.25) is 0 Å². The lowest BCUT2D eigenvalue weighted by atomic mass is 10.1. The fraction of sp³-hybridized carbons (Fsp3) is 0.333. The van der Waals surface area contributed by atoms with Crippen LogP contribution in [0.15, 0.2) is 30.6 Å². The lowest BCUT2D eigenvalue weighted by Gasteiger charge is -2.18. The largest absolute Gasteiger partial charge is 0.439 e. The first-order chi connectivity index (χ1) is 9.86. The van der Waals surface area contributed by atoms with E-state index in [1.165, 1.54) is 0 Å². The minimum atomic E-state index is 0.158. The maximum Gasteiger partial charge on any atom is 0.227 e. The first-order valence-corrected chi connectivity index (χ1v) is 6.78. The van der Waals surface area contributed by atoms with Crippen molar-refractivity contribution in [3.05, 3.63) is 47.4 Å². The van der Waals surface area contributed by atoms with E-state index in [1.54, 1.807) is 6.33 Å². The summed E-state index contributed by atoms with van der Waals surface area (Å²) in [7, 11) is 0. The average Bonchev–Trinajstić information content (AvgIpc) is 2.50. The monoisotopic (exact) mass is 271 g/mol. The molecule has 0 fully saturated rings. The van der Waals surface area contributed by atoms with Gasteiger partial charge in [0.1, 0.15) is 12.1 Å². The van der Waals surface area contributed by atoms with Crippen LogP contribution in [-0.2, 0) is 19.4 Å². The number of benzene rings is 1. The molecule has 2 heterocycles. The van der Waals surface area contributed by atoms with Crippen LogP contribution in [0.1, 0.15) is 16.8 Å². The molecule has 0 amide bonds. The number of aliphatic hydroxyl groups excluding tert-OH is 1. The maximum atomic E-state index is 8.90. The molecule has 0 unspecified atom stereocenters. The average molecular weight is 271 g/mol. The number of rotatable bonds is 4. The van der Waals surface area contributed by atoms with Crippen molar-refractivity contribution in [1.82, 2.24) is 15.3 Å². The summed E-state index contributed by atoms with van der Waals surface area (Å²) >= 11 is 0. The summed E-state index contributed by atoms with van der Waals surface area (Å²) in [5.74, 6) is 1.37. The number of aliphatic hydroxyl groups is 1. The molecule has 1 aromatic heterocycles. The second-order valence-electron chi connectivity index (χ2n) is 4.75. The van der Waals surface area contributed by atoms with Gasteiger partial charge in [-0.2, -0.15) is 0 Å². The lowest BCUT2D eigenvalue weighted by molar-refractivity contribution is 0.299. The molecular weight excluding hydrogens is 254 g/mol. The van der Waals surface area contributed by atoms with E-state index < -0.39 is 0 Å². The Balaban J connectivity index is 1.80. The van der Waals surface area contributed by atoms with Crippen LogP contribution in [0, 0.1) is 0 Å². The smallest absolute Gasteiger partial charge is 0.227 e. The van der Waals surface area contributed by atoms with Crippen LogP contribution in [-0.4, -0.2) is 28.2 Å². The third-order valence-electron chi connectivity index (χ3n) is 3.37. The van der Waals surface area contributed by atoms with Gasteiger partial charge in [0.2, 0.25) is 5.88 Å². The summed E-state index contributed by atoms with van der Waals surface area (Å²) in [6.45, 7) is 1.85. The van der Waals surface area contributed by atoms with Gasteiger partial charge in [0.25, 0.3) is 0 Å². The van der Waals surface area contributed by atoms with Gasteiger partial charge < -0.3 is 15.2 Å². The second kappa shape index (κ2) is 5.98. The molecule has 1 aliphatic rings. The van der Waals surface area contributed by atoms with Gasteiger partial charge in [-0.3, -0.25) is 0 Å². The highest BCUT2D eigenvalue weighted by atomic mass is 16.5. The van der Waals surface area contributed by atoms with Crippen molar-refractivity contribution in [2.75, 3.05) is 13.2 Å². The third-order valence-corrected chi connectivity index (χ3v) is 3.37. The first kappa shape index (κ1) is 13.0. The van der Waals surface area contributed by atoms with Crippen LogP contribution in [0.25, 0.3) is 0 Å². The number of ether oxygens (including phenoxy) is 1. The van der Waals surface area contributed by atoms with Gasteiger partial charge in [0.05, 0.1) is 11.3 Å². The molecular formula is C15H17N3O2. The van der Waals surface area contributed by atoms with E-state index in [2.05, 4.69) is 15.3 Å². The highest BCUT2D eigenvalue weighted by Crippen LogP contribution is 2.26. The molecule has 3 rings (SSSR count). The van der Waals surface area contributed by atoms with Crippen LogP contribution in [0.5, 0.6) is 11.6 Å². The molecule has 5 heteroatoms. The van der Waals surface area contributed by atoms with E-state index in [0.29, 0.717) is 12.3 Å². The molecule has 20 heavy (non-hydrogen) atoms. The summed E-state index contributed by atoms with van der Waals surface area (Å²) in [6, 6.07) is 7.71. The fourth-order valence-electron chi connectivity index (χ4n) is 2.30. The van der Waals surface area contributed by atoms with Crippen molar-refractivity contribution in [3.8, 4) is 11.6 Å². The third kappa shape index (κ3) is 2.79. The van der Waals surface area contributed by atoms with E-state index in [-0.39, 0.29) is 6.61 Å². The SMILES string of the molecule is OCCc1ccc(Oc2ncnc3c2CNCC3)cc1. The van der Waals surface area contributed by atoms with Gasteiger partial charge in [-0.15, -0.1) is 0 Å². The Labute approximate surface area is 117 Å². The summed E-state index contributed by atoms with van der Waals surface area (Å²) in [5.41, 5.74) is 3.19. The Hall–Kier alpha value is -1.98. The molecule has 0 saturated heterocycles. The summed E-state index contributed by atoms with van der Waals surface area (Å²) in [5, 5.41) is 12.2. The zero-order valence-electron chi connectivity index (χ0n) is 11.2. The van der Waals surface area contributed by atoms with Gasteiger partial charge in [-0.1, -0.05) is 12.1 Å². The Morgan fingerprint density at radius 3 is 2.85 bits per heavy atom. The predicted octanol–water partition coefficient (Wildman–Crippen LogP) is 1.45. The predicted molar refractivity (Wildman–Crippen MR) is 74.7 cm³/mol. The first-order valence-electron chi connectivity index (χ1n) is 6.78. The number of nitrogens with one attached hydrogen (secondary N) is 1. The van der Waals surface area contributed by atoms with E-state index in [0.717, 1.165) is 42.1 Å². The van der Waals surface area contributed by atoms with Crippen molar-refractivity contribution in [1.29, 1.82) is 0 Å². The van der Waals surface area contributed by atoms with Gasteiger partial charge in [0.15, 0.2) is 0 Å². The standard InChI is InChI=1S/C15H17N3O2/c19-8-6-11-1-3-12(4-2-11)20-15-13-9-16-7-5-14(13)17-10-18-15/h1-4,10,16,19H,5-9H2. The quantitative estimate of drug-likeness (QED) is 0.881. The zero-order valence-corrected chi connectivity index (χ0v) is 11.2. The summed E-state index contributed by atoms with van der Waals surface area (Å²) in [4.78, 5) is 8.53. The van der Waals surface area contributed by atoms with Crippen molar-refractivity contribution in [3.63, 3.8) is 0 Å². The molecule has 104 valence electrons. The number of hydrogen-bond donors (Lipinski definition) is 2. The van der Waals surface area contributed by atoms with Gasteiger partial charge >= 0.3 is 0 Å². The van der Waals surface area contributed by atoms with Crippen LogP contribution < -0.4 is 10.1 Å². The minimum absolute atomic E-state index is 0.158. The van der Waals surface area contributed by atoms with Crippen LogP contribution in [0.3, 0.4) is 0 Å².